The van der Waals surface area contributed by atoms with Gasteiger partial charge in [-0.15, -0.1) is 0 Å². The second-order valence-corrected chi connectivity index (χ2v) is 6.30. The zero-order chi connectivity index (χ0) is 15.3. The topological polar surface area (TPSA) is 81.4 Å². The van der Waals surface area contributed by atoms with Crippen LogP contribution in [0.15, 0.2) is 48.5 Å². The van der Waals surface area contributed by atoms with E-state index < -0.39 is 10.0 Å². The van der Waals surface area contributed by atoms with E-state index in [9.17, 15) is 8.42 Å². The highest BCUT2D eigenvalue weighted by atomic mass is 32.2. The van der Waals surface area contributed by atoms with Crippen molar-refractivity contribution in [2.45, 2.75) is 12.3 Å². The van der Waals surface area contributed by atoms with E-state index in [0.717, 1.165) is 5.56 Å². The number of hydrogen-bond donors (Lipinski definition) is 2. The van der Waals surface area contributed by atoms with E-state index in [4.69, 9.17) is 10.5 Å². The van der Waals surface area contributed by atoms with Crippen molar-refractivity contribution >= 4 is 15.7 Å². The second-order valence-electron chi connectivity index (χ2n) is 4.58. The zero-order valence-corrected chi connectivity index (χ0v) is 12.6. The van der Waals surface area contributed by atoms with Gasteiger partial charge >= 0.3 is 0 Å². The molecule has 0 aromatic heterocycles. The molecule has 2 rings (SSSR count). The number of rotatable bonds is 6. The number of nitrogens with one attached hydrogen (secondary N) is 1. The fraction of sp³-hybridized carbons (Fsp3) is 0.200. The maximum atomic E-state index is 12.2. The number of sulfonamides is 1. The number of hydrogen-bond acceptors (Lipinski definition) is 4. The first-order valence-corrected chi connectivity index (χ1v) is 8.10. The summed E-state index contributed by atoms with van der Waals surface area (Å²) < 4.78 is 32.1. The fourth-order valence-corrected chi connectivity index (χ4v) is 3.13. The monoisotopic (exact) mass is 306 g/mol. The molecule has 0 aliphatic carbocycles. The first-order valence-electron chi connectivity index (χ1n) is 6.45. The Morgan fingerprint density at radius 3 is 2.29 bits per heavy atom. The number of benzene rings is 2. The molecule has 0 atom stereocenters. The van der Waals surface area contributed by atoms with Crippen LogP contribution in [0.4, 0.5) is 5.69 Å². The zero-order valence-electron chi connectivity index (χ0n) is 11.7. The molecule has 0 fully saturated rings. The standard InChI is InChI=1S/C15H18N2O3S/c1-20-15-5-3-2-4-14(15)17-21(18,19)11-13-8-6-12(10-16)7-9-13/h2-9,17H,10-11,16H2,1H3. The summed E-state index contributed by atoms with van der Waals surface area (Å²) in [6.45, 7) is 0.437. The van der Waals surface area contributed by atoms with Crippen LogP contribution in [0, 0.1) is 0 Å². The third kappa shape index (κ3) is 4.21. The average Bonchev–Trinajstić information content (AvgIpc) is 2.47. The number of ether oxygens (including phenoxy) is 1. The Balaban J connectivity index is 2.14. The lowest BCUT2D eigenvalue weighted by Gasteiger charge is -2.11. The van der Waals surface area contributed by atoms with E-state index in [-0.39, 0.29) is 5.75 Å². The van der Waals surface area contributed by atoms with Gasteiger partial charge in [-0.05, 0) is 23.3 Å². The molecule has 0 heterocycles. The van der Waals surface area contributed by atoms with E-state index in [0.29, 0.717) is 23.5 Å². The van der Waals surface area contributed by atoms with Crippen LogP contribution in [0.3, 0.4) is 0 Å². The molecule has 0 saturated heterocycles. The molecule has 0 saturated carbocycles. The van der Waals surface area contributed by atoms with Gasteiger partial charge in [-0.2, -0.15) is 0 Å². The van der Waals surface area contributed by atoms with Gasteiger partial charge in [0.15, 0.2) is 0 Å². The number of methoxy groups -OCH3 is 1. The van der Waals surface area contributed by atoms with Crippen molar-refractivity contribution in [1.29, 1.82) is 0 Å². The molecular formula is C15H18N2O3S. The summed E-state index contributed by atoms with van der Waals surface area (Å²) in [4.78, 5) is 0. The molecule has 0 aliphatic rings. The van der Waals surface area contributed by atoms with Crippen molar-refractivity contribution in [2.75, 3.05) is 11.8 Å². The van der Waals surface area contributed by atoms with Crippen molar-refractivity contribution in [3.8, 4) is 5.75 Å². The van der Waals surface area contributed by atoms with Gasteiger partial charge in [-0.3, -0.25) is 4.72 Å². The Bertz CT molecular complexity index is 697. The highest BCUT2D eigenvalue weighted by Gasteiger charge is 2.14. The highest BCUT2D eigenvalue weighted by molar-refractivity contribution is 7.91. The van der Waals surface area contributed by atoms with Crippen molar-refractivity contribution in [1.82, 2.24) is 0 Å². The minimum atomic E-state index is -3.50. The summed E-state index contributed by atoms with van der Waals surface area (Å²) >= 11 is 0. The molecule has 21 heavy (non-hydrogen) atoms. The molecule has 5 nitrogen and oxygen atoms in total. The van der Waals surface area contributed by atoms with Crippen LogP contribution in [0.25, 0.3) is 0 Å². The summed E-state index contributed by atoms with van der Waals surface area (Å²) in [5.41, 5.74) is 7.62. The average molecular weight is 306 g/mol. The van der Waals surface area contributed by atoms with Crippen LogP contribution in [0.5, 0.6) is 5.75 Å². The Kier molecular flexibility index (Phi) is 4.82. The Hall–Kier alpha value is -2.05. The molecule has 0 spiro atoms. The lowest BCUT2D eigenvalue weighted by Crippen LogP contribution is -2.15. The first kappa shape index (κ1) is 15.3. The van der Waals surface area contributed by atoms with E-state index >= 15 is 0 Å². The molecule has 2 aromatic rings. The van der Waals surface area contributed by atoms with Gasteiger partial charge in [-0.1, -0.05) is 36.4 Å². The normalized spacial score (nSPS) is 11.1. The third-order valence-electron chi connectivity index (χ3n) is 2.99. The summed E-state index contributed by atoms with van der Waals surface area (Å²) in [7, 11) is -2.00. The molecule has 0 radical (unpaired) electrons. The van der Waals surface area contributed by atoms with Gasteiger partial charge in [0.2, 0.25) is 10.0 Å². The maximum Gasteiger partial charge on any atom is 0.237 e. The Labute approximate surface area is 124 Å². The van der Waals surface area contributed by atoms with Crippen LogP contribution < -0.4 is 15.2 Å². The highest BCUT2D eigenvalue weighted by Crippen LogP contribution is 2.24. The fourth-order valence-electron chi connectivity index (χ4n) is 1.92. The van der Waals surface area contributed by atoms with Crippen molar-refractivity contribution < 1.29 is 13.2 Å². The van der Waals surface area contributed by atoms with Gasteiger partial charge in [0.25, 0.3) is 0 Å². The molecule has 6 heteroatoms. The lowest BCUT2D eigenvalue weighted by molar-refractivity contribution is 0.417. The van der Waals surface area contributed by atoms with Crippen LogP contribution in [-0.2, 0) is 22.3 Å². The molecule has 0 aliphatic heterocycles. The van der Waals surface area contributed by atoms with E-state index in [2.05, 4.69) is 4.72 Å². The van der Waals surface area contributed by atoms with Gasteiger partial charge in [0.1, 0.15) is 5.75 Å². The van der Waals surface area contributed by atoms with Crippen LogP contribution in [-0.4, -0.2) is 15.5 Å². The number of anilines is 1. The van der Waals surface area contributed by atoms with E-state index in [1.807, 2.05) is 12.1 Å². The minimum absolute atomic E-state index is 0.101. The Morgan fingerprint density at radius 1 is 1.05 bits per heavy atom. The van der Waals surface area contributed by atoms with Crippen LogP contribution in [0.1, 0.15) is 11.1 Å². The minimum Gasteiger partial charge on any atom is -0.495 e. The molecule has 2 aromatic carbocycles. The largest absolute Gasteiger partial charge is 0.495 e. The third-order valence-corrected chi connectivity index (χ3v) is 4.23. The number of nitrogens with two attached hydrogens (primary N) is 1. The quantitative estimate of drug-likeness (QED) is 0.856. The molecule has 112 valence electrons. The van der Waals surface area contributed by atoms with Crippen molar-refractivity contribution in [2.24, 2.45) is 5.73 Å². The van der Waals surface area contributed by atoms with E-state index in [1.165, 1.54) is 7.11 Å². The maximum absolute atomic E-state index is 12.2. The van der Waals surface area contributed by atoms with Gasteiger partial charge in [0, 0.05) is 6.54 Å². The SMILES string of the molecule is COc1ccccc1NS(=O)(=O)Cc1ccc(CN)cc1. The summed E-state index contributed by atoms with van der Waals surface area (Å²) in [6, 6.07) is 14.1. The summed E-state index contributed by atoms with van der Waals surface area (Å²) in [6.07, 6.45) is 0. The number of para-hydroxylation sites is 2. The lowest BCUT2D eigenvalue weighted by atomic mass is 10.1. The smallest absolute Gasteiger partial charge is 0.237 e. The van der Waals surface area contributed by atoms with Gasteiger partial charge < -0.3 is 10.5 Å². The molecule has 0 unspecified atom stereocenters. The molecular weight excluding hydrogens is 288 g/mol. The summed E-state index contributed by atoms with van der Waals surface area (Å²) in [5, 5.41) is 0. The van der Waals surface area contributed by atoms with Crippen LogP contribution in [0.2, 0.25) is 0 Å². The van der Waals surface area contributed by atoms with Gasteiger partial charge in [0.05, 0.1) is 18.6 Å². The molecule has 0 amide bonds. The summed E-state index contributed by atoms with van der Waals surface area (Å²) in [5.74, 6) is 0.384. The second kappa shape index (κ2) is 6.60. The van der Waals surface area contributed by atoms with E-state index in [1.54, 1.807) is 36.4 Å². The van der Waals surface area contributed by atoms with Crippen molar-refractivity contribution in [3.63, 3.8) is 0 Å². The predicted molar refractivity (Wildman–Crippen MR) is 83.6 cm³/mol. The predicted octanol–water partition coefficient (Wildman–Crippen LogP) is 2.10. The van der Waals surface area contributed by atoms with Crippen molar-refractivity contribution in [3.05, 3.63) is 59.7 Å². The van der Waals surface area contributed by atoms with Crippen LogP contribution >= 0.6 is 0 Å². The molecule has 0 bridgehead atoms. The first-order chi connectivity index (χ1) is 10.0. The molecule has 3 N–H and O–H groups in total. The Morgan fingerprint density at radius 2 is 1.67 bits per heavy atom. The van der Waals surface area contributed by atoms with Gasteiger partial charge in [-0.25, -0.2) is 8.42 Å².